The molecule has 0 atom stereocenters. The largest absolute Gasteiger partial charge is 0.744 e. The molecule has 0 aromatic heterocycles. The molecule has 0 aliphatic carbocycles. The molecule has 0 aliphatic rings. The Balaban J connectivity index is 2.18. The van der Waals surface area contributed by atoms with E-state index in [1.807, 2.05) is 0 Å². The minimum absolute atomic E-state index is 0.293. The zero-order chi connectivity index (χ0) is 13.9. The first-order valence-electron chi connectivity index (χ1n) is 5.28. The summed E-state index contributed by atoms with van der Waals surface area (Å²) in [5.74, 6) is 0. The Labute approximate surface area is 110 Å². The number of hydrogen-bond donors (Lipinski definition) is 1. The average molecular weight is 276 g/mol. The third kappa shape index (κ3) is 3.60. The van der Waals surface area contributed by atoms with Gasteiger partial charge in [-0.1, -0.05) is 0 Å². The number of anilines is 1. The van der Waals surface area contributed by atoms with Crippen molar-refractivity contribution in [1.29, 1.82) is 0 Å². The summed E-state index contributed by atoms with van der Waals surface area (Å²) >= 11 is 0. The first-order valence-corrected chi connectivity index (χ1v) is 6.69. The van der Waals surface area contributed by atoms with Crippen LogP contribution in [0.4, 0.5) is 17.1 Å². The van der Waals surface area contributed by atoms with Crippen molar-refractivity contribution in [2.45, 2.75) is 4.90 Å². The number of azo groups is 1. The van der Waals surface area contributed by atoms with Crippen molar-refractivity contribution in [3.8, 4) is 0 Å². The molecular formula is C12H10N3O3S-. The molecule has 0 heterocycles. The lowest BCUT2D eigenvalue weighted by Crippen LogP contribution is -1.97. The lowest BCUT2D eigenvalue weighted by atomic mass is 10.3. The molecule has 0 saturated carbocycles. The summed E-state index contributed by atoms with van der Waals surface area (Å²) in [5, 5.41) is 7.87. The summed E-state index contributed by atoms with van der Waals surface area (Å²) in [6, 6.07) is 12.0. The summed E-state index contributed by atoms with van der Waals surface area (Å²) in [4.78, 5) is -0.293. The van der Waals surface area contributed by atoms with E-state index >= 15 is 0 Å². The molecule has 0 fully saturated rings. The first-order chi connectivity index (χ1) is 8.95. The third-order valence-electron chi connectivity index (χ3n) is 2.30. The predicted molar refractivity (Wildman–Crippen MR) is 69.4 cm³/mol. The van der Waals surface area contributed by atoms with Gasteiger partial charge >= 0.3 is 0 Å². The number of rotatable bonds is 3. The van der Waals surface area contributed by atoms with Gasteiger partial charge in [0.1, 0.15) is 10.1 Å². The van der Waals surface area contributed by atoms with Crippen LogP contribution in [0.3, 0.4) is 0 Å². The van der Waals surface area contributed by atoms with E-state index in [-0.39, 0.29) is 4.90 Å². The molecule has 0 saturated heterocycles. The Kier molecular flexibility index (Phi) is 3.59. The number of nitrogens with two attached hydrogens (primary N) is 1. The van der Waals surface area contributed by atoms with Crippen LogP contribution in [0.1, 0.15) is 0 Å². The molecule has 7 heteroatoms. The van der Waals surface area contributed by atoms with E-state index in [4.69, 9.17) is 5.73 Å². The number of nitrogens with zero attached hydrogens (tertiary/aromatic N) is 2. The molecule has 2 aromatic carbocycles. The first kappa shape index (κ1) is 13.2. The van der Waals surface area contributed by atoms with Crippen molar-refractivity contribution >= 4 is 27.2 Å². The number of nitrogen functional groups attached to an aromatic ring is 1. The molecule has 0 unspecified atom stereocenters. The van der Waals surface area contributed by atoms with Crippen LogP contribution in [0.15, 0.2) is 63.7 Å². The summed E-state index contributed by atoms with van der Waals surface area (Å²) in [6.07, 6.45) is 0. The van der Waals surface area contributed by atoms with E-state index in [1.54, 1.807) is 24.3 Å². The second-order valence-electron chi connectivity index (χ2n) is 3.74. The maximum atomic E-state index is 10.7. The fourth-order valence-electron chi connectivity index (χ4n) is 1.34. The quantitative estimate of drug-likeness (QED) is 0.528. The second-order valence-corrected chi connectivity index (χ2v) is 5.12. The molecule has 19 heavy (non-hydrogen) atoms. The molecule has 0 amide bonds. The van der Waals surface area contributed by atoms with Gasteiger partial charge < -0.3 is 10.3 Å². The number of benzene rings is 2. The highest BCUT2D eigenvalue weighted by Crippen LogP contribution is 2.20. The third-order valence-corrected chi connectivity index (χ3v) is 3.15. The Morgan fingerprint density at radius 2 is 1.26 bits per heavy atom. The molecule has 2 N–H and O–H groups in total. The van der Waals surface area contributed by atoms with Crippen molar-refractivity contribution < 1.29 is 13.0 Å². The summed E-state index contributed by atoms with van der Waals surface area (Å²) < 4.78 is 32.2. The van der Waals surface area contributed by atoms with Crippen LogP contribution in [0.2, 0.25) is 0 Å². The lowest BCUT2D eigenvalue weighted by Gasteiger charge is -2.05. The van der Waals surface area contributed by atoms with Crippen molar-refractivity contribution in [3.05, 3.63) is 48.5 Å². The van der Waals surface area contributed by atoms with Crippen LogP contribution in [-0.2, 0) is 10.1 Å². The van der Waals surface area contributed by atoms with Gasteiger partial charge in [0.2, 0.25) is 0 Å². The highest BCUT2D eigenvalue weighted by Gasteiger charge is 2.00. The van der Waals surface area contributed by atoms with Gasteiger partial charge in [-0.25, -0.2) is 8.42 Å². The summed E-state index contributed by atoms with van der Waals surface area (Å²) in [7, 11) is -4.43. The van der Waals surface area contributed by atoms with E-state index < -0.39 is 10.1 Å². The van der Waals surface area contributed by atoms with Crippen LogP contribution < -0.4 is 5.73 Å². The average Bonchev–Trinajstić information content (AvgIpc) is 2.37. The lowest BCUT2D eigenvalue weighted by molar-refractivity contribution is 0.463. The standard InChI is InChI=1S/C12H11N3O3S/c13-9-1-3-10(4-2-9)14-15-11-5-7-12(8-6-11)19(16,17)18/h1-8H,13H2,(H,16,17,18)/p-1. The number of hydrogen-bond acceptors (Lipinski definition) is 6. The summed E-state index contributed by atoms with van der Waals surface area (Å²) in [6.45, 7) is 0. The molecular weight excluding hydrogens is 266 g/mol. The highest BCUT2D eigenvalue weighted by molar-refractivity contribution is 7.85. The van der Waals surface area contributed by atoms with E-state index in [0.29, 0.717) is 17.1 Å². The zero-order valence-electron chi connectivity index (χ0n) is 9.72. The van der Waals surface area contributed by atoms with Gasteiger partial charge in [-0.2, -0.15) is 10.2 Å². The van der Waals surface area contributed by atoms with Gasteiger partial charge in [0.15, 0.2) is 0 Å². The smallest absolute Gasteiger partial charge is 0.124 e. The molecule has 6 nitrogen and oxygen atoms in total. The van der Waals surface area contributed by atoms with Crippen LogP contribution in [0.5, 0.6) is 0 Å². The highest BCUT2D eigenvalue weighted by atomic mass is 32.2. The van der Waals surface area contributed by atoms with Gasteiger partial charge in [0, 0.05) is 5.69 Å². The Bertz CT molecular complexity index is 692. The van der Waals surface area contributed by atoms with Crippen molar-refractivity contribution in [2.75, 3.05) is 5.73 Å². The molecule has 98 valence electrons. The van der Waals surface area contributed by atoms with E-state index in [2.05, 4.69) is 10.2 Å². The van der Waals surface area contributed by atoms with Crippen LogP contribution in [-0.4, -0.2) is 13.0 Å². The predicted octanol–water partition coefficient (Wildman–Crippen LogP) is 2.59. The maximum absolute atomic E-state index is 10.7. The molecule has 0 spiro atoms. The zero-order valence-corrected chi connectivity index (χ0v) is 10.5. The fourth-order valence-corrected chi connectivity index (χ4v) is 1.81. The fraction of sp³-hybridized carbons (Fsp3) is 0. The normalized spacial score (nSPS) is 11.8. The van der Waals surface area contributed by atoms with Gasteiger partial charge in [-0.15, -0.1) is 0 Å². The Hall–Kier alpha value is -2.25. The minimum atomic E-state index is -4.43. The van der Waals surface area contributed by atoms with Gasteiger partial charge in [0.05, 0.1) is 16.3 Å². The molecule has 0 bridgehead atoms. The van der Waals surface area contributed by atoms with E-state index in [1.165, 1.54) is 24.3 Å². The van der Waals surface area contributed by atoms with Crippen LogP contribution in [0.25, 0.3) is 0 Å². The van der Waals surface area contributed by atoms with Crippen LogP contribution in [0, 0.1) is 0 Å². The Morgan fingerprint density at radius 3 is 1.68 bits per heavy atom. The molecule has 2 rings (SSSR count). The van der Waals surface area contributed by atoms with Crippen LogP contribution >= 0.6 is 0 Å². The monoisotopic (exact) mass is 276 g/mol. The maximum Gasteiger partial charge on any atom is 0.124 e. The van der Waals surface area contributed by atoms with Crippen molar-refractivity contribution in [1.82, 2.24) is 0 Å². The molecule has 2 aromatic rings. The Morgan fingerprint density at radius 1 is 0.842 bits per heavy atom. The van der Waals surface area contributed by atoms with Gasteiger partial charge in [-0.3, -0.25) is 0 Å². The minimum Gasteiger partial charge on any atom is -0.744 e. The van der Waals surface area contributed by atoms with E-state index in [0.717, 1.165) is 0 Å². The second kappa shape index (κ2) is 5.17. The summed E-state index contributed by atoms with van der Waals surface area (Å²) in [5.41, 5.74) is 7.23. The SMILES string of the molecule is Nc1ccc(N=Nc2ccc(S(=O)(=O)[O-])cc2)cc1. The topological polar surface area (TPSA) is 108 Å². The van der Waals surface area contributed by atoms with Crippen molar-refractivity contribution in [3.63, 3.8) is 0 Å². The van der Waals surface area contributed by atoms with E-state index in [9.17, 15) is 13.0 Å². The molecule has 0 aliphatic heterocycles. The van der Waals surface area contributed by atoms with Crippen molar-refractivity contribution in [2.24, 2.45) is 10.2 Å². The van der Waals surface area contributed by atoms with Gasteiger partial charge in [-0.05, 0) is 48.5 Å². The molecule has 0 radical (unpaired) electrons. The van der Waals surface area contributed by atoms with Gasteiger partial charge in [0.25, 0.3) is 0 Å².